The van der Waals surface area contributed by atoms with Crippen molar-refractivity contribution < 1.29 is 0 Å². The lowest BCUT2D eigenvalue weighted by molar-refractivity contribution is 1.25. The van der Waals surface area contributed by atoms with E-state index in [1.165, 1.54) is 11.8 Å². The van der Waals surface area contributed by atoms with Gasteiger partial charge in [-0.1, -0.05) is 18.3 Å². The summed E-state index contributed by atoms with van der Waals surface area (Å²) >= 11 is 1.44. The van der Waals surface area contributed by atoms with E-state index in [-0.39, 0.29) is 0 Å². The van der Waals surface area contributed by atoms with Crippen LogP contribution in [0, 0.1) is 0 Å². The van der Waals surface area contributed by atoms with Gasteiger partial charge in [-0.05, 0) is 32.1 Å². The molecule has 4 N–H and O–H groups in total. The van der Waals surface area contributed by atoms with Crippen LogP contribution in [0.3, 0.4) is 0 Å². The number of anilines is 1. The highest BCUT2D eigenvalue weighted by Gasteiger charge is 1.98. The summed E-state index contributed by atoms with van der Waals surface area (Å²) in [6.07, 6.45) is 3.49. The third-order valence-corrected chi connectivity index (χ3v) is 2.54. The highest BCUT2D eigenvalue weighted by Crippen LogP contribution is 2.25. The van der Waals surface area contributed by atoms with Gasteiger partial charge in [0.25, 0.3) is 0 Å². The van der Waals surface area contributed by atoms with E-state index in [0.717, 1.165) is 16.3 Å². The first kappa shape index (κ1) is 13.3. The summed E-state index contributed by atoms with van der Waals surface area (Å²) < 4.78 is 0. The molecule has 1 heterocycles. The van der Waals surface area contributed by atoms with Gasteiger partial charge in [0.1, 0.15) is 5.82 Å². The van der Waals surface area contributed by atoms with E-state index in [1.807, 2.05) is 19.9 Å². The zero-order chi connectivity index (χ0) is 12.8. The maximum atomic E-state index is 5.56. The average molecular weight is 248 g/mol. The molecule has 5 heteroatoms. The molecule has 4 nitrogen and oxygen atoms in total. The van der Waals surface area contributed by atoms with E-state index in [4.69, 9.17) is 11.5 Å². The molecular formula is C12H16N4S. The molecule has 0 amide bonds. The van der Waals surface area contributed by atoms with Gasteiger partial charge < -0.3 is 11.5 Å². The number of pyridine rings is 1. The Kier molecular flexibility index (Phi) is 4.78. The van der Waals surface area contributed by atoms with Crippen molar-refractivity contribution in [2.24, 2.45) is 10.7 Å². The van der Waals surface area contributed by atoms with Crippen molar-refractivity contribution in [3.8, 4) is 0 Å². The number of nitrogens with zero attached hydrogens (tertiary/aromatic N) is 2. The van der Waals surface area contributed by atoms with Crippen molar-refractivity contribution in [2.45, 2.75) is 18.7 Å². The van der Waals surface area contributed by atoms with E-state index in [2.05, 4.69) is 16.6 Å². The molecule has 0 fully saturated rings. The number of nitrogens with two attached hydrogens (primary N) is 2. The number of thioether (sulfide) groups is 1. The number of hydrogen-bond donors (Lipinski definition) is 2. The Balaban J connectivity index is 2.67. The summed E-state index contributed by atoms with van der Waals surface area (Å²) in [7, 11) is 0. The summed E-state index contributed by atoms with van der Waals surface area (Å²) in [5.74, 6) is 0.501. The molecule has 0 atom stereocenters. The second kappa shape index (κ2) is 6.10. The Labute approximate surface area is 106 Å². The molecule has 0 aromatic carbocycles. The minimum Gasteiger partial charge on any atom is -0.402 e. The van der Waals surface area contributed by atoms with E-state index in [9.17, 15) is 0 Å². The lowest BCUT2D eigenvalue weighted by Gasteiger charge is -2.01. The molecule has 1 rings (SSSR count). The van der Waals surface area contributed by atoms with Crippen LogP contribution in [-0.4, -0.2) is 10.7 Å². The number of aromatic nitrogens is 1. The fourth-order valence-corrected chi connectivity index (χ4v) is 1.87. The van der Waals surface area contributed by atoms with Crippen LogP contribution in [0.15, 0.2) is 51.6 Å². The predicted octanol–water partition coefficient (Wildman–Crippen LogP) is 2.55. The summed E-state index contributed by atoms with van der Waals surface area (Å²) in [5.41, 5.74) is 12.6. The smallest absolute Gasteiger partial charge is 0.123 e. The highest BCUT2D eigenvalue weighted by atomic mass is 32.2. The molecule has 17 heavy (non-hydrogen) atoms. The van der Waals surface area contributed by atoms with Crippen molar-refractivity contribution in [3.05, 3.63) is 41.7 Å². The SMILES string of the molecule is C=C(/N=C(C)\C=C(\C)N)Sc1ccc(N)nc1. The topological polar surface area (TPSA) is 77.3 Å². The molecule has 0 bridgehead atoms. The van der Waals surface area contributed by atoms with E-state index in [0.29, 0.717) is 10.8 Å². The quantitative estimate of drug-likeness (QED) is 0.634. The van der Waals surface area contributed by atoms with Gasteiger partial charge in [-0.3, -0.25) is 0 Å². The number of rotatable bonds is 4. The minimum absolute atomic E-state index is 0.501. The van der Waals surface area contributed by atoms with E-state index < -0.39 is 0 Å². The van der Waals surface area contributed by atoms with Gasteiger partial charge in [0.15, 0.2) is 0 Å². The molecule has 0 aliphatic rings. The molecule has 0 unspecified atom stereocenters. The van der Waals surface area contributed by atoms with Gasteiger partial charge in [-0.25, -0.2) is 9.98 Å². The number of nitrogen functional groups attached to an aromatic ring is 1. The van der Waals surface area contributed by atoms with Crippen LogP contribution in [0.25, 0.3) is 0 Å². The first-order chi connectivity index (χ1) is 7.97. The Morgan fingerprint density at radius 1 is 1.47 bits per heavy atom. The normalized spacial score (nSPS) is 12.6. The Hall–Kier alpha value is -1.75. The Morgan fingerprint density at radius 2 is 2.18 bits per heavy atom. The summed E-state index contributed by atoms with van der Waals surface area (Å²) in [6.45, 7) is 7.56. The Bertz CT molecular complexity index is 456. The standard InChI is InChI=1S/C12H16N4S/c1-8(13)6-9(2)16-10(3)17-11-4-5-12(14)15-7-11/h4-7H,3,13H2,1-2H3,(H2,14,15)/b8-6-,16-9-. The van der Waals surface area contributed by atoms with Crippen molar-refractivity contribution in [1.29, 1.82) is 0 Å². The Morgan fingerprint density at radius 3 is 2.71 bits per heavy atom. The van der Waals surface area contributed by atoms with Crippen LogP contribution in [0.5, 0.6) is 0 Å². The second-order valence-electron chi connectivity index (χ2n) is 3.56. The lowest BCUT2D eigenvalue weighted by atomic mass is 10.3. The molecule has 1 aromatic heterocycles. The minimum atomic E-state index is 0.501. The lowest BCUT2D eigenvalue weighted by Crippen LogP contribution is -1.95. The zero-order valence-corrected chi connectivity index (χ0v) is 10.8. The van der Waals surface area contributed by atoms with Crippen molar-refractivity contribution in [1.82, 2.24) is 4.98 Å². The largest absolute Gasteiger partial charge is 0.402 e. The van der Waals surface area contributed by atoms with Gasteiger partial charge in [0, 0.05) is 22.5 Å². The van der Waals surface area contributed by atoms with E-state index in [1.54, 1.807) is 18.3 Å². The number of hydrogen-bond acceptors (Lipinski definition) is 5. The van der Waals surface area contributed by atoms with Crippen LogP contribution in [0.1, 0.15) is 13.8 Å². The fraction of sp³-hybridized carbons (Fsp3) is 0.167. The molecule has 0 aliphatic carbocycles. The first-order valence-electron chi connectivity index (χ1n) is 5.04. The van der Waals surface area contributed by atoms with Gasteiger partial charge in [0.05, 0.1) is 5.03 Å². The van der Waals surface area contributed by atoms with Gasteiger partial charge in [0.2, 0.25) is 0 Å². The first-order valence-corrected chi connectivity index (χ1v) is 5.86. The predicted molar refractivity (Wildman–Crippen MR) is 74.7 cm³/mol. The van der Waals surface area contributed by atoms with E-state index >= 15 is 0 Å². The molecule has 0 saturated heterocycles. The third kappa shape index (κ3) is 5.21. The van der Waals surface area contributed by atoms with Crippen LogP contribution in [0.4, 0.5) is 5.82 Å². The third-order valence-electron chi connectivity index (χ3n) is 1.73. The van der Waals surface area contributed by atoms with Gasteiger partial charge >= 0.3 is 0 Å². The second-order valence-corrected chi connectivity index (χ2v) is 4.70. The molecule has 90 valence electrons. The van der Waals surface area contributed by atoms with Crippen LogP contribution < -0.4 is 11.5 Å². The number of aliphatic imine (C=N–C) groups is 1. The molecule has 1 aromatic rings. The van der Waals surface area contributed by atoms with Crippen LogP contribution in [0.2, 0.25) is 0 Å². The zero-order valence-electron chi connectivity index (χ0n) is 9.97. The van der Waals surface area contributed by atoms with Crippen molar-refractivity contribution in [2.75, 3.05) is 5.73 Å². The summed E-state index contributed by atoms with van der Waals surface area (Å²) in [5, 5.41) is 0.687. The monoisotopic (exact) mass is 248 g/mol. The summed E-state index contributed by atoms with van der Waals surface area (Å²) in [4.78, 5) is 9.25. The van der Waals surface area contributed by atoms with Gasteiger partial charge in [-0.15, -0.1) is 0 Å². The molecule has 0 saturated carbocycles. The maximum Gasteiger partial charge on any atom is 0.123 e. The highest BCUT2D eigenvalue weighted by molar-refractivity contribution is 8.03. The molecule has 0 spiro atoms. The molecular weight excluding hydrogens is 232 g/mol. The van der Waals surface area contributed by atoms with Crippen molar-refractivity contribution >= 4 is 23.3 Å². The summed E-state index contributed by atoms with van der Waals surface area (Å²) in [6, 6.07) is 3.63. The van der Waals surface area contributed by atoms with Crippen LogP contribution in [-0.2, 0) is 0 Å². The number of allylic oxidation sites excluding steroid dienone is 2. The molecule has 0 aliphatic heterocycles. The average Bonchev–Trinajstić information content (AvgIpc) is 2.19. The van der Waals surface area contributed by atoms with Gasteiger partial charge in [-0.2, -0.15) is 0 Å². The van der Waals surface area contributed by atoms with Crippen LogP contribution >= 0.6 is 11.8 Å². The molecule has 0 radical (unpaired) electrons. The maximum absolute atomic E-state index is 5.56. The van der Waals surface area contributed by atoms with Crippen molar-refractivity contribution in [3.63, 3.8) is 0 Å². The fourth-order valence-electron chi connectivity index (χ4n) is 1.17.